The second-order valence-electron chi connectivity index (χ2n) is 19.0. The summed E-state index contributed by atoms with van der Waals surface area (Å²) in [4.78, 5) is 13.2. The van der Waals surface area contributed by atoms with E-state index in [1.54, 1.807) is 6.08 Å². The molecule has 1 amide bonds. The average molecular weight is 944 g/mol. The fraction of sp³-hybridized carbons (Fsp3) is 0.904. The normalized spacial score (nSPS) is 26.9. The minimum Gasteiger partial charge on any atom is -0.394 e. The Hall–Kier alpha value is -1.53. The number of hydrogen-bond acceptors (Lipinski definition) is 13. The molecule has 2 aliphatic heterocycles. The van der Waals surface area contributed by atoms with E-state index in [0.29, 0.717) is 6.42 Å². The SMILES string of the molecule is CCCCCCCC/C=C\CCCCCCCCCC(=O)NC(COC1OC(CO)C(OC2OC(CO)C(O)C(O)C2O)C(O)C1O)C(O)/C=C/CCCCCCCCCCCCCCC. The van der Waals surface area contributed by atoms with E-state index in [2.05, 4.69) is 31.3 Å². The quantitative estimate of drug-likeness (QED) is 0.0216. The van der Waals surface area contributed by atoms with Crippen molar-refractivity contribution in [3.8, 4) is 0 Å². The van der Waals surface area contributed by atoms with Gasteiger partial charge in [-0.05, 0) is 44.9 Å². The molecule has 0 aliphatic carbocycles. The second-order valence-corrected chi connectivity index (χ2v) is 19.0. The minimum absolute atomic E-state index is 0.244. The van der Waals surface area contributed by atoms with E-state index < -0.39 is 86.8 Å². The largest absolute Gasteiger partial charge is 0.394 e. The lowest BCUT2D eigenvalue weighted by Gasteiger charge is -2.46. The molecule has 2 fully saturated rings. The summed E-state index contributed by atoms with van der Waals surface area (Å²) in [6.45, 7) is 2.78. The minimum atomic E-state index is -1.79. The molecule has 0 aromatic rings. The number of rotatable bonds is 41. The summed E-state index contributed by atoms with van der Waals surface area (Å²) in [5, 5.41) is 86.8. The van der Waals surface area contributed by atoms with Crippen molar-refractivity contribution < 1.29 is 64.6 Å². The van der Waals surface area contributed by atoms with Gasteiger partial charge in [0.1, 0.15) is 48.8 Å². The van der Waals surface area contributed by atoms with E-state index in [4.69, 9.17) is 18.9 Å². The van der Waals surface area contributed by atoms with E-state index in [1.807, 2.05) is 6.08 Å². The fourth-order valence-corrected chi connectivity index (χ4v) is 8.76. The van der Waals surface area contributed by atoms with Crippen LogP contribution in [-0.2, 0) is 23.7 Å². The van der Waals surface area contributed by atoms with Crippen LogP contribution in [0.15, 0.2) is 24.3 Å². The summed E-state index contributed by atoms with van der Waals surface area (Å²) in [6, 6.07) is -0.913. The van der Waals surface area contributed by atoms with Crippen LogP contribution in [0.2, 0.25) is 0 Å². The molecule has 0 aromatic heterocycles. The molecule has 66 heavy (non-hydrogen) atoms. The van der Waals surface area contributed by atoms with Gasteiger partial charge in [0.2, 0.25) is 5.91 Å². The van der Waals surface area contributed by atoms with Crippen molar-refractivity contribution in [2.24, 2.45) is 0 Å². The van der Waals surface area contributed by atoms with Gasteiger partial charge in [-0.1, -0.05) is 179 Å². The monoisotopic (exact) mass is 944 g/mol. The summed E-state index contributed by atoms with van der Waals surface area (Å²) in [5.74, 6) is -0.244. The van der Waals surface area contributed by atoms with Gasteiger partial charge in [0, 0.05) is 6.42 Å². The van der Waals surface area contributed by atoms with Crippen LogP contribution in [-0.4, -0.2) is 140 Å². The number of carbonyl (C=O) groups excluding carboxylic acids is 1. The number of nitrogens with one attached hydrogen (secondary N) is 1. The smallest absolute Gasteiger partial charge is 0.220 e. The molecule has 14 heteroatoms. The van der Waals surface area contributed by atoms with Gasteiger partial charge in [-0.15, -0.1) is 0 Å². The van der Waals surface area contributed by atoms with Crippen molar-refractivity contribution in [2.75, 3.05) is 19.8 Å². The van der Waals surface area contributed by atoms with Crippen LogP contribution in [0.4, 0.5) is 0 Å². The standard InChI is InChI=1S/C52H97NO13/c1-3-5-7-9-11-13-15-17-19-20-22-24-26-28-30-32-34-36-44(57)53-40(41(56)35-33-31-29-27-25-23-21-18-16-14-12-10-8-6-4-2)39-63-51-49(62)47(60)50(43(38-55)65-51)66-52-48(61)46(59)45(58)42(37-54)64-52/h17,19,33,35,40-43,45-52,54-56,58-62H,3-16,18,20-32,34,36-39H2,1-2H3,(H,53,57)/b19-17-,35-33+. The Kier molecular flexibility index (Phi) is 36.0. The van der Waals surface area contributed by atoms with Crippen molar-refractivity contribution in [3.05, 3.63) is 24.3 Å². The lowest BCUT2D eigenvalue weighted by Crippen LogP contribution is -2.65. The van der Waals surface area contributed by atoms with Crippen molar-refractivity contribution in [1.29, 1.82) is 0 Å². The molecule has 2 aliphatic rings. The molecule has 0 saturated carbocycles. The first-order chi connectivity index (χ1) is 32.1. The number of aliphatic hydroxyl groups is 8. The Labute approximate surface area is 398 Å². The third-order valence-corrected chi connectivity index (χ3v) is 13.1. The highest BCUT2D eigenvalue weighted by molar-refractivity contribution is 5.76. The molecule has 0 spiro atoms. The molecule has 14 nitrogen and oxygen atoms in total. The molecule has 12 unspecified atom stereocenters. The van der Waals surface area contributed by atoms with Crippen molar-refractivity contribution in [1.82, 2.24) is 5.32 Å². The molecule has 9 N–H and O–H groups in total. The van der Waals surface area contributed by atoms with E-state index in [1.165, 1.54) is 135 Å². The number of ether oxygens (including phenoxy) is 4. The second kappa shape index (κ2) is 39.2. The molecule has 2 rings (SSSR count). The van der Waals surface area contributed by atoms with Gasteiger partial charge in [-0.25, -0.2) is 0 Å². The number of hydrogen-bond donors (Lipinski definition) is 9. The van der Waals surface area contributed by atoms with Gasteiger partial charge >= 0.3 is 0 Å². The van der Waals surface area contributed by atoms with Crippen LogP contribution in [0, 0.1) is 0 Å². The fourth-order valence-electron chi connectivity index (χ4n) is 8.76. The maximum absolute atomic E-state index is 13.2. The highest BCUT2D eigenvalue weighted by Crippen LogP contribution is 2.30. The summed E-state index contributed by atoms with van der Waals surface area (Å²) in [7, 11) is 0. The summed E-state index contributed by atoms with van der Waals surface area (Å²) in [6.07, 6.45) is 26.4. The van der Waals surface area contributed by atoms with Gasteiger partial charge in [0.05, 0.1) is 32.0 Å². The van der Waals surface area contributed by atoms with Crippen LogP contribution in [0.5, 0.6) is 0 Å². The first-order valence-corrected chi connectivity index (χ1v) is 26.6. The Morgan fingerprint density at radius 1 is 0.530 bits per heavy atom. The van der Waals surface area contributed by atoms with E-state index in [-0.39, 0.29) is 18.9 Å². The molecule has 2 heterocycles. The molecule has 0 bridgehead atoms. The Morgan fingerprint density at radius 3 is 1.44 bits per heavy atom. The topological polar surface area (TPSA) is 228 Å². The van der Waals surface area contributed by atoms with Gasteiger partial charge in [-0.2, -0.15) is 0 Å². The van der Waals surface area contributed by atoms with E-state index in [9.17, 15) is 45.6 Å². The molecular weight excluding hydrogens is 847 g/mol. The van der Waals surface area contributed by atoms with E-state index in [0.717, 1.165) is 44.9 Å². The Balaban J connectivity index is 1.84. The number of allylic oxidation sites excluding steroid dienone is 3. The first kappa shape index (κ1) is 60.6. The molecule has 2 saturated heterocycles. The predicted molar refractivity (Wildman–Crippen MR) is 258 cm³/mol. The number of aliphatic hydroxyl groups excluding tert-OH is 8. The zero-order valence-corrected chi connectivity index (χ0v) is 41.2. The van der Waals surface area contributed by atoms with Crippen molar-refractivity contribution in [2.45, 2.75) is 280 Å². The molecule has 0 aromatic carbocycles. The zero-order valence-electron chi connectivity index (χ0n) is 41.2. The molecule has 12 atom stereocenters. The van der Waals surface area contributed by atoms with Crippen LogP contribution in [0.3, 0.4) is 0 Å². The predicted octanol–water partition coefficient (Wildman–Crippen LogP) is 7.33. The summed E-state index contributed by atoms with van der Waals surface area (Å²) in [5.41, 5.74) is 0. The summed E-state index contributed by atoms with van der Waals surface area (Å²) >= 11 is 0. The van der Waals surface area contributed by atoms with E-state index >= 15 is 0 Å². The molecular formula is C52H97NO13. The van der Waals surface area contributed by atoms with Crippen LogP contribution in [0.1, 0.15) is 206 Å². The van der Waals surface area contributed by atoms with Crippen molar-refractivity contribution in [3.63, 3.8) is 0 Å². The lowest BCUT2D eigenvalue weighted by molar-refractivity contribution is -0.359. The lowest BCUT2D eigenvalue weighted by atomic mass is 9.97. The van der Waals surface area contributed by atoms with Crippen molar-refractivity contribution >= 4 is 5.91 Å². The van der Waals surface area contributed by atoms with Gasteiger partial charge < -0.3 is 65.1 Å². The van der Waals surface area contributed by atoms with Gasteiger partial charge in [0.15, 0.2) is 12.6 Å². The maximum Gasteiger partial charge on any atom is 0.220 e. The van der Waals surface area contributed by atoms with Crippen LogP contribution < -0.4 is 5.32 Å². The van der Waals surface area contributed by atoms with Crippen LogP contribution in [0.25, 0.3) is 0 Å². The van der Waals surface area contributed by atoms with Crippen LogP contribution >= 0.6 is 0 Å². The summed E-state index contributed by atoms with van der Waals surface area (Å²) < 4.78 is 22.7. The zero-order chi connectivity index (χ0) is 48.2. The average Bonchev–Trinajstić information content (AvgIpc) is 3.31. The highest BCUT2D eigenvalue weighted by Gasteiger charge is 2.51. The Bertz CT molecular complexity index is 1210. The number of unbranched alkanes of at least 4 members (excludes halogenated alkanes) is 26. The maximum atomic E-state index is 13.2. The van der Waals surface area contributed by atoms with Gasteiger partial charge in [0.25, 0.3) is 0 Å². The molecule has 0 radical (unpaired) electrons. The third-order valence-electron chi connectivity index (χ3n) is 13.1. The number of amides is 1. The number of carbonyl (C=O) groups is 1. The highest BCUT2D eigenvalue weighted by atomic mass is 16.7. The first-order valence-electron chi connectivity index (χ1n) is 26.6. The Morgan fingerprint density at radius 2 is 0.955 bits per heavy atom. The van der Waals surface area contributed by atoms with Gasteiger partial charge in [-0.3, -0.25) is 4.79 Å². The third kappa shape index (κ3) is 25.9. The molecule has 388 valence electrons.